The van der Waals surface area contributed by atoms with Gasteiger partial charge >= 0.3 is 0 Å². The van der Waals surface area contributed by atoms with Gasteiger partial charge in [0.2, 0.25) is 11.9 Å². The van der Waals surface area contributed by atoms with E-state index in [-0.39, 0.29) is 6.61 Å². The van der Waals surface area contributed by atoms with Gasteiger partial charge in [-0.25, -0.2) is 0 Å². The number of aliphatic hydroxyl groups is 1. The number of piperidine rings is 1. The molecule has 118 valence electrons. The minimum atomic E-state index is 0.206. The zero-order chi connectivity index (χ0) is 14.9. The lowest BCUT2D eigenvalue weighted by atomic mass is 10.1. The Kier molecular flexibility index (Phi) is 7.02. The van der Waals surface area contributed by atoms with Crippen molar-refractivity contribution in [2.24, 2.45) is 0 Å². The molecule has 1 saturated heterocycles. The Balaban J connectivity index is 2.10. The summed E-state index contributed by atoms with van der Waals surface area (Å²) in [5.74, 6) is 2.28. The topological polar surface area (TPSA) is 74.2 Å². The second-order valence-electron chi connectivity index (χ2n) is 5.14. The van der Waals surface area contributed by atoms with E-state index in [0.717, 1.165) is 49.3 Å². The summed E-state index contributed by atoms with van der Waals surface area (Å²) in [6, 6.07) is 0. The zero-order valence-electron chi connectivity index (χ0n) is 12.7. The van der Waals surface area contributed by atoms with Crippen molar-refractivity contribution in [3.8, 4) is 0 Å². The Labute approximate surface area is 130 Å². The number of rotatable bonds is 8. The zero-order valence-corrected chi connectivity index (χ0v) is 13.5. The van der Waals surface area contributed by atoms with E-state index < -0.39 is 0 Å². The Bertz CT molecular complexity index is 426. The van der Waals surface area contributed by atoms with Gasteiger partial charge in [-0.1, -0.05) is 18.7 Å². The number of anilines is 2. The van der Waals surface area contributed by atoms with E-state index >= 15 is 0 Å². The molecule has 0 unspecified atom stereocenters. The fourth-order valence-electron chi connectivity index (χ4n) is 2.19. The highest BCUT2D eigenvalue weighted by Crippen LogP contribution is 2.21. The van der Waals surface area contributed by atoms with Crippen LogP contribution in [-0.4, -0.2) is 52.1 Å². The lowest BCUT2D eigenvalue weighted by Crippen LogP contribution is -2.31. The minimum Gasteiger partial charge on any atom is -0.396 e. The van der Waals surface area contributed by atoms with E-state index in [9.17, 15) is 0 Å². The smallest absolute Gasteiger partial charge is 0.231 e. The molecule has 2 N–H and O–H groups in total. The molecule has 0 aliphatic carbocycles. The van der Waals surface area contributed by atoms with Crippen molar-refractivity contribution in [3.05, 3.63) is 0 Å². The van der Waals surface area contributed by atoms with Crippen LogP contribution >= 0.6 is 11.8 Å². The molecular formula is C14H25N5OS. The Morgan fingerprint density at radius 1 is 1.19 bits per heavy atom. The molecule has 1 fully saturated rings. The Morgan fingerprint density at radius 2 is 2.00 bits per heavy atom. The maximum Gasteiger partial charge on any atom is 0.231 e. The molecule has 1 aromatic rings. The predicted molar refractivity (Wildman–Crippen MR) is 87.1 cm³/mol. The van der Waals surface area contributed by atoms with Gasteiger partial charge in [0.25, 0.3) is 0 Å². The number of hydrogen-bond donors (Lipinski definition) is 2. The van der Waals surface area contributed by atoms with Crippen LogP contribution < -0.4 is 10.2 Å². The number of aliphatic hydroxyl groups excluding tert-OH is 1. The summed E-state index contributed by atoms with van der Waals surface area (Å²) in [6.45, 7) is 5.24. The maximum atomic E-state index is 8.89. The molecule has 0 spiro atoms. The van der Waals surface area contributed by atoms with Crippen LogP contribution in [0, 0.1) is 0 Å². The summed E-state index contributed by atoms with van der Waals surface area (Å²) in [6.07, 6.45) is 5.50. The maximum absolute atomic E-state index is 8.89. The molecular weight excluding hydrogens is 286 g/mol. The molecule has 2 rings (SSSR count). The Hall–Kier alpha value is -1.08. The van der Waals surface area contributed by atoms with Crippen molar-refractivity contribution < 1.29 is 5.11 Å². The van der Waals surface area contributed by atoms with Crippen LogP contribution in [0.25, 0.3) is 0 Å². The first-order chi connectivity index (χ1) is 10.3. The van der Waals surface area contributed by atoms with Crippen molar-refractivity contribution in [1.82, 2.24) is 15.0 Å². The molecule has 21 heavy (non-hydrogen) atoms. The summed E-state index contributed by atoms with van der Waals surface area (Å²) in [5, 5.41) is 12.9. The van der Waals surface area contributed by atoms with Crippen LogP contribution in [0.5, 0.6) is 0 Å². The van der Waals surface area contributed by atoms with Crippen molar-refractivity contribution in [1.29, 1.82) is 0 Å². The molecule has 0 radical (unpaired) electrons. The molecule has 0 aromatic carbocycles. The van der Waals surface area contributed by atoms with Gasteiger partial charge < -0.3 is 15.3 Å². The van der Waals surface area contributed by atoms with Gasteiger partial charge in [0.05, 0.1) is 0 Å². The SMILES string of the molecule is CCCNc1nc(SCCCO)nc(N2CCCCC2)n1. The first-order valence-electron chi connectivity index (χ1n) is 7.82. The quantitative estimate of drug-likeness (QED) is 0.563. The Morgan fingerprint density at radius 3 is 2.71 bits per heavy atom. The van der Waals surface area contributed by atoms with Gasteiger partial charge in [0.1, 0.15) is 0 Å². The number of nitrogens with zero attached hydrogens (tertiary/aromatic N) is 4. The van der Waals surface area contributed by atoms with Crippen molar-refractivity contribution in [2.45, 2.75) is 44.2 Å². The highest BCUT2D eigenvalue weighted by molar-refractivity contribution is 7.99. The van der Waals surface area contributed by atoms with Crippen LogP contribution in [0.1, 0.15) is 39.0 Å². The average Bonchev–Trinajstić information content (AvgIpc) is 2.54. The molecule has 1 aliphatic heterocycles. The normalized spacial score (nSPS) is 15.2. The molecule has 0 atom stereocenters. The third-order valence-corrected chi connectivity index (χ3v) is 4.24. The largest absolute Gasteiger partial charge is 0.396 e. The highest BCUT2D eigenvalue weighted by atomic mass is 32.2. The molecule has 0 bridgehead atoms. The van der Waals surface area contributed by atoms with Gasteiger partial charge in [0, 0.05) is 32.0 Å². The second kappa shape index (κ2) is 9.04. The van der Waals surface area contributed by atoms with E-state index in [1.807, 2.05) is 0 Å². The molecule has 1 aliphatic rings. The molecule has 1 aromatic heterocycles. The number of thioether (sulfide) groups is 1. The molecule has 0 amide bonds. The van der Waals surface area contributed by atoms with Crippen LogP contribution in [0.15, 0.2) is 5.16 Å². The monoisotopic (exact) mass is 311 g/mol. The third kappa shape index (κ3) is 5.32. The lowest BCUT2D eigenvalue weighted by Gasteiger charge is -2.26. The van der Waals surface area contributed by atoms with Gasteiger partial charge in [-0.2, -0.15) is 15.0 Å². The van der Waals surface area contributed by atoms with E-state index in [1.54, 1.807) is 11.8 Å². The van der Waals surface area contributed by atoms with Gasteiger partial charge in [-0.15, -0.1) is 0 Å². The van der Waals surface area contributed by atoms with E-state index in [2.05, 4.69) is 32.1 Å². The lowest BCUT2D eigenvalue weighted by molar-refractivity contribution is 0.296. The second-order valence-corrected chi connectivity index (χ2v) is 6.20. The third-order valence-electron chi connectivity index (χ3n) is 3.31. The van der Waals surface area contributed by atoms with Gasteiger partial charge in [-0.05, 0) is 32.1 Å². The van der Waals surface area contributed by atoms with Crippen LogP contribution in [-0.2, 0) is 0 Å². The molecule has 2 heterocycles. The van der Waals surface area contributed by atoms with Gasteiger partial charge in [0.15, 0.2) is 5.16 Å². The molecule has 7 heteroatoms. The van der Waals surface area contributed by atoms with E-state index in [1.165, 1.54) is 19.3 Å². The standard InChI is InChI=1S/C14H25N5OS/c1-2-7-15-12-16-13(19-8-4-3-5-9-19)18-14(17-12)21-11-6-10-20/h20H,2-11H2,1H3,(H,15,16,17,18). The van der Waals surface area contributed by atoms with Crippen molar-refractivity contribution in [2.75, 3.05) is 42.2 Å². The first-order valence-corrected chi connectivity index (χ1v) is 8.80. The number of nitrogens with one attached hydrogen (secondary N) is 1. The van der Waals surface area contributed by atoms with E-state index in [0.29, 0.717) is 5.95 Å². The summed E-state index contributed by atoms with van der Waals surface area (Å²) in [4.78, 5) is 15.8. The summed E-state index contributed by atoms with van der Waals surface area (Å²) < 4.78 is 0. The van der Waals surface area contributed by atoms with Crippen LogP contribution in [0.3, 0.4) is 0 Å². The van der Waals surface area contributed by atoms with Gasteiger partial charge in [-0.3, -0.25) is 0 Å². The summed E-state index contributed by atoms with van der Waals surface area (Å²) in [7, 11) is 0. The van der Waals surface area contributed by atoms with Crippen LogP contribution in [0.4, 0.5) is 11.9 Å². The first kappa shape index (κ1) is 16.3. The fraction of sp³-hybridized carbons (Fsp3) is 0.786. The predicted octanol–water partition coefficient (Wildman–Crippen LogP) is 2.16. The fourth-order valence-corrected chi connectivity index (χ4v) is 2.94. The molecule has 6 nitrogen and oxygen atoms in total. The van der Waals surface area contributed by atoms with Crippen LogP contribution in [0.2, 0.25) is 0 Å². The number of aromatic nitrogens is 3. The highest BCUT2D eigenvalue weighted by Gasteiger charge is 2.16. The molecule has 0 saturated carbocycles. The summed E-state index contributed by atoms with van der Waals surface area (Å²) >= 11 is 1.58. The average molecular weight is 311 g/mol. The van der Waals surface area contributed by atoms with E-state index in [4.69, 9.17) is 5.11 Å². The van der Waals surface area contributed by atoms with Crippen molar-refractivity contribution in [3.63, 3.8) is 0 Å². The minimum absolute atomic E-state index is 0.206. The summed E-state index contributed by atoms with van der Waals surface area (Å²) in [5.41, 5.74) is 0. The van der Waals surface area contributed by atoms with Crippen molar-refractivity contribution >= 4 is 23.7 Å². The number of hydrogen-bond acceptors (Lipinski definition) is 7.